The van der Waals surface area contributed by atoms with Crippen LogP contribution in [0, 0.1) is 5.82 Å². The number of halogens is 1. The summed E-state index contributed by atoms with van der Waals surface area (Å²) in [6.45, 7) is 1.27. The van der Waals surface area contributed by atoms with Gasteiger partial charge in [-0.1, -0.05) is 6.07 Å². The molecule has 1 heterocycles. The van der Waals surface area contributed by atoms with Gasteiger partial charge in [0.25, 0.3) is 0 Å². The van der Waals surface area contributed by atoms with Crippen molar-refractivity contribution >= 4 is 5.91 Å². The molecule has 1 aliphatic rings. The molecule has 0 saturated carbocycles. The molecule has 1 amide bonds. The third kappa shape index (κ3) is 3.20. The number of rotatable bonds is 4. The molecule has 4 nitrogen and oxygen atoms in total. The molecular weight excluding hydrogens is 237 g/mol. The van der Waals surface area contributed by atoms with Gasteiger partial charge in [0.15, 0.2) is 0 Å². The summed E-state index contributed by atoms with van der Waals surface area (Å²) in [6.07, 6.45) is 0.680. The number of ether oxygens (including phenoxy) is 2. The van der Waals surface area contributed by atoms with Crippen LogP contribution in [-0.2, 0) is 9.53 Å². The lowest BCUT2D eigenvalue weighted by Crippen LogP contribution is -2.33. The number of nitrogens with zero attached hydrogens (tertiary/aromatic N) is 1. The van der Waals surface area contributed by atoms with Gasteiger partial charge in [-0.15, -0.1) is 0 Å². The first-order valence-electron chi connectivity index (χ1n) is 5.88. The van der Waals surface area contributed by atoms with Gasteiger partial charge in [0, 0.05) is 26.1 Å². The van der Waals surface area contributed by atoms with Gasteiger partial charge in [-0.25, -0.2) is 4.39 Å². The molecule has 2 rings (SSSR count). The Morgan fingerprint density at radius 2 is 2.39 bits per heavy atom. The predicted molar refractivity (Wildman–Crippen MR) is 63.9 cm³/mol. The summed E-state index contributed by atoms with van der Waals surface area (Å²) in [5, 5.41) is 0. The Labute approximate surface area is 105 Å². The summed E-state index contributed by atoms with van der Waals surface area (Å²) < 4.78 is 23.4. The van der Waals surface area contributed by atoms with Crippen molar-refractivity contribution in [1.82, 2.24) is 4.90 Å². The largest absolute Gasteiger partial charge is 0.488 e. The standard InChI is InChI=1S/C13H16FNO3/c1-17-9-13(16)15-6-5-12(8-15)18-11-4-2-3-10(14)7-11/h2-4,7,12H,5-6,8-9H2,1H3. The molecule has 98 valence electrons. The molecular formula is C13H16FNO3. The number of hydrogen-bond acceptors (Lipinski definition) is 3. The fourth-order valence-electron chi connectivity index (χ4n) is 2.00. The van der Waals surface area contributed by atoms with Gasteiger partial charge in [-0.2, -0.15) is 0 Å². The number of benzene rings is 1. The fraction of sp³-hybridized carbons (Fsp3) is 0.462. The summed E-state index contributed by atoms with van der Waals surface area (Å²) in [6, 6.07) is 6.03. The highest BCUT2D eigenvalue weighted by Gasteiger charge is 2.27. The van der Waals surface area contributed by atoms with Crippen LogP contribution in [0.5, 0.6) is 5.75 Å². The first-order valence-corrected chi connectivity index (χ1v) is 5.88. The van der Waals surface area contributed by atoms with Crippen LogP contribution >= 0.6 is 0 Å². The Morgan fingerprint density at radius 1 is 1.56 bits per heavy atom. The van der Waals surface area contributed by atoms with Gasteiger partial charge in [0.1, 0.15) is 24.3 Å². The van der Waals surface area contributed by atoms with E-state index in [4.69, 9.17) is 9.47 Å². The molecule has 1 aliphatic heterocycles. The smallest absolute Gasteiger partial charge is 0.248 e. The van der Waals surface area contributed by atoms with E-state index in [-0.39, 0.29) is 24.4 Å². The second-order valence-corrected chi connectivity index (χ2v) is 4.26. The van der Waals surface area contributed by atoms with E-state index in [9.17, 15) is 9.18 Å². The SMILES string of the molecule is COCC(=O)N1CCC(Oc2cccc(F)c2)C1. The summed E-state index contributed by atoms with van der Waals surface area (Å²) in [5.74, 6) is 0.140. The predicted octanol–water partition coefficient (Wildman–Crippen LogP) is 1.45. The van der Waals surface area contributed by atoms with E-state index in [0.717, 1.165) is 6.42 Å². The van der Waals surface area contributed by atoms with Crippen LogP contribution in [0.4, 0.5) is 4.39 Å². The second kappa shape index (κ2) is 5.82. The third-order valence-corrected chi connectivity index (χ3v) is 2.86. The summed E-state index contributed by atoms with van der Waals surface area (Å²) in [4.78, 5) is 13.3. The molecule has 0 N–H and O–H groups in total. The highest BCUT2D eigenvalue weighted by atomic mass is 19.1. The van der Waals surface area contributed by atoms with Gasteiger partial charge >= 0.3 is 0 Å². The van der Waals surface area contributed by atoms with Gasteiger partial charge in [0.05, 0.1) is 6.54 Å². The molecule has 1 atom stereocenters. The molecule has 1 aromatic carbocycles. The van der Waals surface area contributed by atoms with E-state index < -0.39 is 0 Å². The van der Waals surface area contributed by atoms with E-state index in [1.807, 2.05) is 0 Å². The number of likely N-dealkylation sites (tertiary alicyclic amines) is 1. The van der Waals surface area contributed by atoms with E-state index in [1.165, 1.54) is 19.2 Å². The maximum absolute atomic E-state index is 13.0. The second-order valence-electron chi connectivity index (χ2n) is 4.26. The molecule has 1 unspecified atom stereocenters. The first kappa shape index (κ1) is 12.8. The minimum atomic E-state index is -0.321. The van der Waals surface area contributed by atoms with Crippen LogP contribution in [0.2, 0.25) is 0 Å². The van der Waals surface area contributed by atoms with E-state index in [2.05, 4.69) is 0 Å². The van der Waals surface area contributed by atoms with Crippen molar-refractivity contribution in [3.63, 3.8) is 0 Å². The molecule has 0 bridgehead atoms. The highest BCUT2D eigenvalue weighted by molar-refractivity contribution is 5.77. The Balaban J connectivity index is 1.88. The molecule has 0 aliphatic carbocycles. The fourth-order valence-corrected chi connectivity index (χ4v) is 2.00. The Hall–Kier alpha value is -1.62. The van der Waals surface area contributed by atoms with Crippen molar-refractivity contribution in [2.45, 2.75) is 12.5 Å². The number of methoxy groups -OCH3 is 1. The molecule has 1 fully saturated rings. The van der Waals surface area contributed by atoms with Crippen LogP contribution in [0.3, 0.4) is 0 Å². The normalized spacial score (nSPS) is 19.0. The van der Waals surface area contributed by atoms with E-state index >= 15 is 0 Å². The lowest BCUT2D eigenvalue weighted by Gasteiger charge is -2.16. The van der Waals surface area contributed by atoms with Gasteiger partial charge < -0.3 is 14.4 Å². The zero-order valence-electron chi connectivity index (χ0n) is 10.3. The number of amides is 1. The monoisotopic (exact) mass is 253 g/mol. The molecule has 5 heteroatoms. The van der Waals surface area contributed by atoms with Crippen LogP contribution in [0.15, 0.2) is 24.3 Å². The number of carbonyl (C=O) groups excluding carboxylic acids is 1. The highest BCUT2D eigenvalue weighted by Crippen LogP contribution is 2.19. The van der Waals surface area contributed by atoms with Crippen molar-refractivity contribution < 1.29 is 18.7 Å². The topological polar surface area (TPSA) is 38.8 Å². The van der Waals surface area contributed by atoms with Gasteiger partial charge in [-0.3, -0.25) is 4.79 Å². The van der Waals surface area contributed by atoms with Gasteiger partial charge in [0.2, 0.25) is 5.91 Å². The average Bonchev–Trinajstić information content (AvgIpc) is 2.78. The lowest BCUT2D eigenvalue weighted by atomic mass is 10.3. The quantitative estimate of drug-likeness (QED) is 0.815. The van der Waals surface area contributed by atoms with Crippen molar-refractivity contribution in [2.75, 3.05) is 26.8 Å². The Morgan fingerprint density at radius 3 is 3.11 bits per heavy atom. The van der Waals surface area contributed by atoms with E-state index in [0.29, 0.717) is 18.8 Å². The maximum Gasteiger partial charge on any atom is 0.248 e. The molecule has 18 heavy (non-hydrogen) atoms. The summed E-state index contributed by atoms with van der Waals surface area (Å²) in [7, 11) is 1.49. The van der Waals surface area contributed by atoms with E-state index in [1.54, 1.807) is 17.0 Å². The molecule has 1 aromatic rings. The van der Waals surface area contributed by atoms with Crippen LogP contribution < -0.4 is 4.74 Å². The van der Waals surface area contributed by atoms with Crippen molar-refractivity contribution in [3.8, 4) is 5.75 Å². The maximum atomic E-state index is 13.0. The molecule has 0 spiro atoms. The minimum absolute atomic E-state index is 0.0390. The first-order chi connectivity index (χ1) is 8.69. The van der Waals surface area contributed by atoms with Gasteiger partial charge in [-0.05, 0) is 12.1 Å². The van der Waals surface area contributed by atoms with Crippen LogP contribution in [0.1, 0.15) is 6.42 Å². The van der Waals surface area contributed by atoms with Crippen LogP contribution in [-0.4, -0.2) is 43.7 Å². The van der Waals surface area contributed by atoms with Crippen molar-refractivity contribution in [2.24, 2.45) is 0 Å². The van der Waals surface area contributed by atoms with Crippen molar-refractivity contribution in [1.29, 1.82) is 0 Å². The third-order valence-electron chi connectivity index (χ3n) is 2.86. The summed E-state index contributed by atoms with van der Waals surface area (Å²) >= 11 is 0. The number of carbonyl (C=O) groups is 1. The molecule has 0 aromatic heterocycles. The minimum Gasteiger partial charge on any atom is -0.488 e. The molecule has 1 saturated heterocycles. The lowest BCUT2D eigenvalue weighted by molar-refractivity contribution is -0.134. The van der Waals surface area contributed by atoms with Crippen LogP contribution in [0.25, 0.3) is 0 Å². The average molecular weight is 253 g/mol. The van der Waals surface area contributed by atoms with Crippen molar-refractivity contribution in [3.05, 3.63) is 30.1 Å². The zero-order chi connectivity index (χ0) is 13.0. The zero-order valence-corrected chi connectivity index (χ0v) is 10.3. The molecule has 0 radical (unpaired) electrons. The Bertz CT molecular complexity index is 424. The Kier molecular flexibility index (Phi) is 4.15. The number of hydrogen-bond donors (Lipinski definition) is 0. The summed E-state index contributed by atoms with van der Waals surface area (Å²) in [5.41, 5.74) is 0.